The molecule has 1 N–H and O–H groups in total. The number of nitrogens with one attached hydrogen (secondary N) is 1. The van der Waals surface area contributed by atoms with E-state index in [1.807, 2.05) is 35.2 Å². The Balaban J connectivity index is 1.85. The quantitative estimate of drug-likeness (QED) is 0.521. The summed E-state index contributed by atoms with van der Waals surface area (Å²) in [6, 6.07) is 12.7. The number of hydrogen-bond acceptors (Lipinski definition) is 4. The van der Waals surface area contributed by atoms with Gasteiger partial charge in [0.05, 0.1) is 18.2 Å². The lowest BCUT2D eigenvalue weighted by Gasteiger charge is -2.26. The van der Waals surface area contributed by atoms with Gasteiger partial charge in [-0.1, -0.05) is 35.3 Å². The molecule has 0 saturated heterocycles. The first-order chi connectivity index (χ1) is 14.5. The van der Waals surface area contributed by atoms with E-state index >= 15 is 0 Å². The molecule has 4 rings (SSSR count). The third-order valence-corrected chi connectivity index (χ3v) is 5.75. The van der Waals surface area contributed by atoms with Gasteiger partial charge in [0.1, 0.15) is 17.1 Å². The van der Waals surface area contributed by atoms with Crippen LogP contribution in [0, 0.1) is 0 Å². The monoisotopic (exact) mass is 445 g/mol. The minimum Gasteiger partial charge on any atom is -0.497 e. The molecule has 0 saturated carbocycles. The Labute approximate surface area is 184 Å². The number of benzene rings is 2. The maximum absolute atomic E-state index is 13.2. The molecule has 0 fully saturated rings. The molecular formula is C22H21Cl2N3O3. The van der Waals surface area contributed by atoms with Crippen LogP contribution in [0.1, 0.15) is 34.1 Å². The lowest BCUT2D eigenvalue weighted by molar-refractivity contribution is 0.0723. The zero-order valence-corrected chi connectivity index (χ0v) is 18.1. The zero-order chi connectivity index (χ0) is 21.3. The van der Waals surface area contributed by atoms with Crippen molar-refractivity contribution in [1.29, 1.82) is 0 Å². The molecule has 30 heavy (non-hydrogen) atoms. The summed E-state index contributed by atoms with van der Waals surface area (Å²) in [5, 5.41) is 8.39. The number of H-pyrrole nitrogens is 1. The standard InChI is InChI=1S/C22H21Cl2N3O3/c1-29-10-4-9-27-21(13-5-3-6-15(11-13)30-2)18-19(25-26-20(18)22(27)28)16-8-7-14(23)12-17(16)24/h3,5-8,11-12,21H,4,9-10H2,1-2H3,(H,25,26). The fourth-order valence-electron chi connectivity index (χ4n) is 3.85. The topological polar surface area (TPSA) is 67.5 Å². The molecule has 0 aliphatic carbocycles. The minimum absolute atomic E-state index is 0.0993. The van der Waals surface area contributed by atoms with Crippen LogP contribution >= 0.6 is 23.2 Å². The molecule has 1 aromatic heterocycles. The molecule has 1 aliphatic heterocycles. The summed E-state index contributed by atoms with van der Waals surface area (Å²) in [5.74, 6) is 0.623. The van der Waals surface area contributed by atoms with Gasteiger partial charge in [-0.15, -0.1) is 0 Å². The highest BCUT2D eigenvalue weighted by Gasteiger charge is 2.42. The fourth-order valence-corrected chi connectivity index (χ4v) is 4.35. The second kappa shape index (κ2) is 8.68. The van der Waals surface area contributed by atoms with Crippen molar-refractivity contribution in [3.63, 3.8) is 0 Å². The highest BCUT2D eigenvalue weighted by atomic mass is 35.5. The maximum atomic E-state index is 13.2. The number of carbonyl (C=O) groups excluding carboxylic acids is 1. The summed E-state index contributed by atoms with van der Waals surface area (Å²) >= 11 is 12.5. The average Bonchev–Trinajstić information content (AvgIpc) is 3.28. The van der Waals surface area contributed by atoms with E-state index in [0.717, 1.165) is 28.9 Å². The van der Waals surface area contributed by atoms with Gasteiger partial charge in [0.2, 0.25) is 0 Å². The summed E-state index contributed by atoms with van der Waals surface area (Å²) in [6.45, 7) is 1.11. The molecule has 1 atom stereocenters. The second-order valence-electron chi connectivity index (χ2n) is 7.01. The van der Waals surface area contributed by atoms with Gasteiger partial charge in [0, 0.05) is 36.4 Å². The lowest BCUT2D eigenvalue weighted by atomic mass is 9.96. The van der Waals surface area contributed by atoms with Crippen LogP contribution in [0.15, 0.2) is 42.5 Å². The number of ether oxygens (including phenoxy) is 2. The van der Waals surface area contributed by atoms with Crippen molar-refractivity contribution >= 4 is 29.1 Å². The number of carbonyl (C=O) groups is 1. The van der Waals surface area contributed by atoms with E-state index in [0.29, 0.717) is 34.6 Å². The van der Waals surface area contributed by atoms with E-state index in [-0.39, 0.29) is 11.9 Å². The molecule has 0 radical (unpaired) electrons. The summed E-state index contributed by atoms with van der Waals surface area (Å²) in [6.07, 6.45) is 0.720. The van der Waals surface area contributed by atoms with Crippen LogP contribution < -0.4 is 4.74 Å². The van der Waals surface area contributed by atoms with E-state index in [4.69, 9.17) is 32.7 Å². The Hall–Kier alpha value is -2.54. The third-order valence-electron chi connectivity index (χ3n) is 5.21. The maximum Gasteiger partial charge on any atom is 0.273 e. The Morgan fingerprint density at radius 3 is 2.73 bits per heavy atom. The van der Waals surface area contributed by atoms with Gasteiger partial charge in [0.15, 0.2) is 0 Å². The second-order valence-corrected chi connectivity index (χ2v) is 7.85. The third kappa shape index (κ3) is 3.67. The van der Waals surface area contributed by atoms with Gasteiger partial charge in [-0.05, 0) is 42.3 Å². The molecule has 2 aromatic carbocycles. The molecule has 1 aliphatic rings. The van der Waals surface area contributed by atoms with Crippen LogP contribution in [-0.4, -0.2) is 48.4 Å². The van der Waals surface area contributed by atoms with Gasteiger partial charge in [0.25, 0.3) is 5.91 Å². The highest BCUT2D eigenvalue weighted by molar-refractivity contribution is 6.36. The normalized spacial score (nSPS) is 15.5. The molecular weight excluding hydrogens is 425 g/mol. The van der Waals surface area contributed by atoms with E-state index in [9.17, 15) is 4.79 Å². The smallest absolute Gasteiger partial charge is 0.273 e. The molecule has 0 spiro atoms. The minimum atomic E-state index is -0.319. The number of halogens is 2. The van der Waals surface area contributed by atoms with Crippen molar-refractivity contribution in [2.45, 2.75) is 12.5 Å². The largest absolute Gasteiger partial charge is 0.497 e. The number of methoxy groups -OCH3 is 2. The summed E-state index contributed by atoms with van der Waals surface area (Å²) in [5.41, 5.74) is 3.57. The summed E-state index contributed by atoms with van der Waals surface area (Å²) in [4.78, 5) is 15.1. The number of fused-ring (bicyclic) bond motifs is 1. The number of aromatic amines is 1. The van der Waals surface area contributed by atoms with Crippen molar-refractivity contribution in [3.8, 4) is 17.0 Å². The molecule has 3 aromatic rings. The molecule has 0 bridgehead atoms. The Kier molecular flexibility index (Phi) is 5.99. The Morgan fingerprint density at radius 1 is 1.17 bits per heavy atom. The number of hydrogen-bond donors (Lipinski definition) is 1. The molecule has 6 nitrogen and oxygen atoms in total. The zero-order valence-electron chi connectivity index (χ0n) is 16.6. The van der Waals surface area contributed by atoms with E-state index in [1.54, 1.807) is 26.4 Å². The summed E-state index contributed by atoms with van der Waals surface area (Å²) < 4.78 is 10.6. The van der Waals surface area contributed by atoms with Crippen molar-refractivity contribution in [1.82, 2.24) is 15.1 Å². The highest BCUT2D eigenvalue weighted by Crippen LogP contribution is 2.44. The molecule has 156 valence electrons. The van der Waals surface area contributed by atoms with Crippen LogP contribution in [0.4, 0.5) is 0 Å². The van der Waals surface area contributed by atoms with Gasteiger partial charge in [-0.2, -0.15) is 5.10 Å². The number of aromatic nitrogens is 2. The molecule has 1 unspecified atom stereocenters. The van der Waals surface area contributed by atoms with Gasteiger partial charge in [-0.3, -0.25) is 9.89 Å². The van der Waals surface area contributed by atoms with Gasteiger partial charge in [-0.25, -0.2) is 0 Å². The number of rotatable bonds is 7. The van der Waals surface area contributed by atoms with Crippen molar-refractivity contribution < 1.29 is 14.3 Å². The van der Waals surface area contributed by atoms with Gasteiger partial charge < -0.3 is 14.4 Å². The van der Waals surface area contributed by atoms with Crippen LogP contribution in [0.2, 0.25) is 10.0 Å². The van der Waals surface area contributed by atoms with Crippen LogP contribution in [0.5, 0.6) is 5.75 Å². The predicted molar refractivity (Wildman–Crippen MR) is 116 cm³/mol. The number of nitrogens with zero attached hydrogens (tertiary/aromatic N) is 2. The molecule has 8 heteroatoms. The number of amides is 1. The lowest BCUT2D eigenvalue weighted by Crippen LogP contribution is -2.31. The first-order valence-corrected chi connectivity index (χ1v) is 10.3. The van der Waals surface area contributed by atoms with E-state index in [1.165, 1.54) is 0 Å². The van der Waals surface area contributed by atoms with E-state index < -0.39 is 0 Å². The van der Waals surface area contributed by atoms with Crippen LogP contribution in [-0.2, 0) is 4.74 Å². The SMILES string of the molecule is COCCCN1C(=O)c2[nH]nc(-c3ccc(Cl)cc3Cl)c2C1c1cccc(OC)c1. The van der Waals surface area contributed by atoms with Crippen molar-refractivity contribution in [3.05, 3.63) is 69.3 Å². The summed E-state index contributed by atoms with van der Waals surface area (Å²) in [7, 11) is 3.27. The average molecular weight is 446 g/mol. The molecule has 2 heterocycles. The first kappa shape index (κ1) is 20.7. The fraction of sp³-hybridized carbons (Fsp3) is 0.273. The van der Waals surface area contributed by atoms with Crippen molar-refractivity contribution in [2.75, 3.05) is 27.4 Å². The Bertz CT molecular complexity index is 1080. The predicted octanol–water partition coefficient (Wildman–Crippen LogP) is 4.97. The first-order valence-electron chi connectivity index (χ1n) is 9.52. The van der Waals surface area contributed by atoms with Gasteiger partial charge >= 0.3 is 0 Å². The molecule has 1 amide bonds. The van der Waals surface area contributed by atoms with Crippen LogP contribution in [0.3, 0.4) is 0 Å². The van der Waals surface area contributed by atoms with Crippen molar-refractivity contribution in [2.24, 2.45) is 0 Å². The van der Waals surface area contributed by atoms with E-state index in [2.05, 4.69) is 10.2 Å². The Morgan fingerprint density at radius 2 is 2.00 bits per heavy atom. The van der Waals surface area contributed by atoms with Crippen LogP contribution in [0.25, 0.3) is 11.3 Å².